The van der Waals surface area contributed by atoms with Crippen LogP contribution in [0.3, 0.4) is 0 Å². The number of carbonyl (C=O) groups excluding carboxylic acids is 1. The second-order valence-electron chi connectivity index (χ2n) is 6.22. The molecule has 23 heavy (non-hydrogen) atoms. The van der Waals surface area contributed by atoms with Gasteiger partial charge in [0.05, 0.1) is 6.61 Å². The minimum absolute atomic E-state index is 0.189. The molecule has 0 saturated heterocycles. The lowest BCUT2D eigenvalue weighted by Crippen LogP contribution is -2.02. The number of carbonyl (C=O) groups is 1. The van der Waals surface area contributed by atoms with Crippen LogP contribution >= 0.6 is 0 Å². The van der Waals surface area contributed by atoms with Crippen LogP contribution in [0.15, 0.2) is 11.8 Å². The molecule has 0 atom stereocenters. The van der Waals surface area contributed by atoms with Gasteiger partial charge in [0.2, 0.25) is 0 Å². The van der Waals surface area contributed by atoms with E-state index in [9.17, 15) is 4.79 Å². The summed E-state index contributed by atoms with van der Waals surface area (Å²) in [6, 6.07) is 0. The van der Waals surface area contributed by atoms with Crippen molar-refractivity contribution in [2.75, 3.05) is 13.4 Å². The molecule has 0 aliphatic rings. The molecule has 0 aromatic rings. The summed E-state index contributed by atoms with van der Waals surface area (Å²) in [4.78, 5) is 10.9. The highest BCUT2D eigenvalue weighted by Crippen LogP contribution is 2.10. The molecule has 0 aliphatic carbocycles. The minimum atomic E-state index is 0.189. The molecule has 0 heterocycles. The van der Waals surface area contributed by atoms with Crippen molar-refractivity contribution < 1.29 is 14.3 Å². The number of hydrogen-bond donors (Lipinski definition) is 0. The van der Waals surface area contributed by atoms with Crippen molar-refractivity contribution >= 4 is 6.29 Å². The Morgan fingerprint density at radius 3 is 1.96 bits per heavy atom. The third kappa shape index (κ3) is 17.4. The first-order valence-corrected chi connectivity index (χ1v) is 9.71. The lowest BCUT2D eigenvalue weighted by Gasteiger charge is -2.06. The van der Waals surface area contributed by atoms with Gasteiger partial charge in [0.1, 0.15) is 0 Å². The molecule has 0 unspecified atom stereocenters. The lowest BCUT2D eigenvalue weighted by molar-refractivity contribution is -0.111. The maximum absolute atomic E-state index is 10.9. The molecule has 0 rings (SSSR count). The molecule has 0 bridgehead atoms. The van der Waals surface area contributed by atoms with Crippen LogP contribution in [-0.4, -0.2) is 19.7 Å². The largest absolute Gasteiger partial charge is 0.464 e. The maximum Gasteiger partial charge on any atom is 0.189 e. The standard InChI is InChI=1S/C20H38O3/c1-3-5-7-9-10-11-12-13-14-16-20(18-21)23-19-22-17-15-8-6-4-2/h16,18H,3-15,17,19H2,1-2H3. The molecule has 0 aliphatic heterocycles. The van der Waals surface area contributed by atoms with E-state index in [-0.39, 0.29) is 6.79 Å². The van der Waals surface area contributed by atoms with Gasteiger partial charge in [-0.05, 0) is 25.3 Å². The lowest BCUT2D eigenvalue weighted by atomic mass is 10.1. The van der Waals surface area contributed by atoms with Crippen molar-refractivity contribution in [2.45, 2.75) is 97.3 Å². The highest BCUT2D eigenvalue weighted by molar-refractivity contribution is 5.69. The summed E-state index contributed by atoms with van der Waals surface area (Å²) in [5.74, 6) is 0.418. The van der Waals surface area contributed by atoms with Crippen molar-refractivity contribution in [3.05, 3.63) is 11.8 Å². The van der Waals surface area contributed by atoms with Gasteiger partial charge in [-0.15, -0.1) is 0 Å². The molecule has 0 aromatic heterocycles. The van der Waals surface area contributed by atoms with Crippen LogP contribution in [0.2, 0.25) is 0 Å². The summed E-state index contributed by atoms with van der Waals surface area (Å²) < 4.78 is 10.7. The van der Waals surface area contributed by atoms with Crippen LogP contribution in [0, 0.1) is 0 Å². The third-order valence-electron chi connectivity index (χ3n) is 3.97. The van der Waals surface area contributed by atoms with Gasteiger partial charge >= 0.3 is 0 Å². The molecule has 0 aromatic carbocycles. The van der Waals surface area contributed by atoms with Gasteiger partial charge in [-0.2, -0.15) is 0 Å². The Hall–Kier alpha value is -0.830. The van der Waals surface area contributed by atoms with E-state index in [1.807, 2.05) is 6.08 Å². The van der Waals surface area contributed by atoms with Crippen LogP contribution in [0.1, 0.15) is 97.3 Å². The van der Waals surface area contributed by atoms with Crippen molar-refractivity contribution in [1.29, 1.82) is 0 Å². The van der Waals surface area contributed by atoms with Gasteiger partial charge in [0.25, 0.3) is 0 Å². The van der Waals surface area contributed by atoms with Gasteiger partial charge in [0, 0.05) is 0 Å². The monoisotopic (exact) mass is 326 g/mol. The first-order valence-electron chi connectivity index (χ1n) is 9.71. The average Bonchev–Trinajstić information content (AvgIpc) is 2.57. The van der Waals surface area contributed by atoms with Crippen LogP contribution in [0.5, 0.6) is 0 Å². The average molecular weight is 327 g/mol. The number of hydrogen-bond acceptors (Lipinski definition) is 3. The van der Waals surface area contributed by atoms with Crippen LogP contribution in [0.25, 0.3) is 0 Å². The predicted octanol–water partition coefficient (Wildman–Crippen LogP) is 6.17. The Balaban J connectivity index is 3.44. The Morgan fingerprint density at radius 1 is 0.783 bits per heavy atom. The van der Waals surface area contributed by atoms with E-state index in [1.54, 1.807) is 0 Å². The molecule has 3 heteroatoms. The highest BCUT2D eigenvalue weighted by atomic mass is 16.7. The Labute approximate surface area is 143 Å². The third-order valence-corrected chi connectivity index (χ3v) is 3.97. The summed E-state index contributed by atoms with van der Waals surface area (Å²) in [5.41, 5.74) is 0. The van der Waals surface area contributed by atoms with Gasteiger partial charge in [-0.1, -0.05) is 78.1 Å². The van der Waals surface area contributed by atoms with E-state index < -0.39 is 0 Å². The number of unbranched alkanes of at least 4 members (excludes halogenated alkanes) is 11. The summed E-state index contributed by atoms with van der Waals surface area (Å²) in [6.07, 6.45) is 18.8. The zero-order valence-corrected chi connectivity index (χ0v) is 15.5. The van der Waals surface area contributed by atoms with E-state index in [2.05, 4.69) is 13.8 Å². The highest BCUT2D eigenvalue weighted by Gasteiger charge is 1.97. The van der Waals surface area contributed by atoms with Crippen LogP contribution < -0.4 is 0 Å². The minimum Gasteiger partial charge on any atom is -0.464 e. The first kappa shape index (κ1) is 22.2. The first-order chi connectivity index (χ1) is 11.3. The zero-order chi connectivity index (χ0) is 17.0. The fraction of sp³-hybridized carbons (Fsp3) is 0.850. The molecule has 136 valence electrons. The smallest absolute Gasteiger partial charge is 0.189 e. The SMILES string of the molecule is CCCCCCCCCCC=C(C=O)OCOCCCCCC. The van der Waals surface area contributed by atoms with E-state index in [4.69, 9.17) is 9.47 Å². The van der Waals surface area contributed by atoms with E-state index in [0.717, 1.165) is 25.5 Å². The molecule has 3 nitrogen and oxygen atoms in total. The zero-order valence-electron chi connectivity index (χ0n) is 15.5. The Morgan fingerprint density at radius 2 is 1.35 bits per heavy atom. The van der Waals surface area contributed by atoms with Gasteiger partial charge in [-0.25, -0.2) is 0 Å². The Bertz CT molecular complexity index is 274. The van der Waals surface area contributed by atoms with Gasteiger partial charge in [0.15, 0.2) is 18.8 Å². The molecule has 0 radical (unpaired) electrons. The predicted molar refractivity (Wildman–Crippen MR) is 97.4 cm³/mol. The van der Waals surface area contributed by atoms with E-state index in [1.165, 1.54) is 64.2 Å². The normalized spacial score (nSPS) is 11.7. The van der Waals surface area contributed by atoms with Crippen molar-refractivity contribution in [1.82, 2.24) is 0 Å². The second kappa shape index (κ2) is 19.2. The van der Waals surface area contributed by atoms with E-state index >= 15 is 0 Å². The Kier molecular flexibility index (Phi) is 18.5. The molecule has 0 amide bonds. The fourth-order valence-electron chi connectivity index (χ4n) is 2.46. The van der Waals surface area contributed by atoms with Crippen molar-refractivity contribution in [3.63, 3.8) is 0 Å². The summed E-state index contributed by atoms with van der Waals surface area (Å²) >= 11 is 0. The molecule has 0 saturated carbocycles. The quantitative estimate of drug-likeness (QED) is 0.0993. The molecular weight excluding hydrogens is 288 g/mol. The number of aldehydes is 1. The molecule has 0 spiro atoms. The van der Waals surface area contributed by atoms with E-state index in [0.29, 0.717) is 12.4 Å². The second-order valence-corrected chi connectivity index (χ2v) is 6.22. The number of rotatable bonds is 18. The topological polar surface area (TPSA) is 35.5 Å². The van der Waals surface area contributed by atoms with Crippen molar-refractivity contribution in [3.8, 4) is 0 Å². The molecule has 0 fully saturated rings. The van der Waals surface area contributed by atoms with Crippen LogP contribution in [-0.2, 0) is 14.3 Å². The van der Waals surface area contributed by atoms with Gasteiger partial charge in [-0.3, -0.25) is 4.79 Å². The molecule has 0 N–H and O–H groups in total. The van der Waals surface area contributed by atoms with Gasteiger partial charge < -0.3 is 9.47 Å². The summed E-state index contributed by atoms with van der Waals surface area (Å²) in [6.45, 7) is 5.34. The number of ether oxygens (including phenoxy) is 2. The van der Waals surface area contributed by atoms with Crippen molar-refractivity contribution in [2.24, 2.45) is 0 Å². The van der Waals surface area contributed by atoms with Crippen LogP contribution in [0.4, 0.5) is 0 Å². The molecular formula is C20H38O3. The number of allylic oxidation sites excluding steroid dienone is 2. The maximum atomic E-state index is 10.9. The summed E-state index contributed by atoms with van der Waals surface area (Å²) in [5, 5.41) is 0. The fourth-order valence-corrected chi connectivity index (χ4v) is 2.46. The summed E-state index contributed by atoms with van der Waals surface area (Å²) in [7, 11) is 0.